The highest BCUT2D eigenvalue weighted by Gasteiger charge is 2.04. The number of rotatable bonds is 0. The Bertz CT molecular complexity index is 205. The van der Waals surface area contributed by atoms with E-state index in [9.17, 15) is 13.2 Å². The van der Waals surface area contributed by atoms with Gasteiger partial charge in [-0.15, -0.1) is 0 Å². The van der Waals surface area contributed by atoms with Crippen molar-refractivity contribution in [3.63, 3.8) is 0 Å². The number of halogens is 3. The van der Waals surface area contributed by atoms with Gasteiger partial charge in [0.2, 0.25) is 0 Å². The van der Waals surface area contributed by atoms with E-state index in [4.69, 9.17) is 0 Å². The summed E-state index contributed by atoms with van der Waals surface area (Å²) in [6.45, 7) is 1.37. The summed E-state index contributed by atoms with van der Waals surface area (Å²) in [5, 5.41) is 0. The van der Waals surface area contributed by atoms with Gasteiger partial charge >= 0.3 is 0 Å². The average molecular weight is 146 g/mol. The van der Waals surface area contributed by atoms with Crippen LogP contribution in [0.1, 0.15) is 5.56 Å². The maximum atomic E-state index is 12.4. The third-order valence-corrected chi connectivity index (χ3v) is 1.20. The Hall–Kier alpha value is -0.990. The lowest BCUT2D eigenvalue weighted by atomic mass is 10.2. The summed E-state index contributed by atoms with van der Waals surface area (Å²) in [4.78, 5) is 0. The van der Waals surface area contributed by atoms with Gasteiger partial charge in [-0.3, -0.25) is 0 Å². The molecule has 0 aromatic heterocycles. The first-order valence-corrected chi connectivity index (χ1v) is 2.72. The quantitative estimate of drug-likeness (QED) is 0.493. The van der Waals surface area contributed by atoms with Crippen LogP contribution in [0.2, 0.25) is 0 Å². The minimum Gasteiger partial charge on any atom is -0.207 e. The molecule has 0 radical (unpaired) electrons. The van der Waals surface area contributed by atoms with Crippen molar-refractivity contribution in [1.29, 1.82) is 0 Å². The van der Waals surface area contributed by atoms with Gasteiger partial charge < -0.3 is 0 Å². The first-order chi connectivity index (χ1) is 4.61. The number of hydrogen-bond acceptors (Lipinski definition) is 0. The molecule has 0 unspecified atom stereocenters. The molecule has 0 amide bonds. The van der Waals surface area contributed by atoms with Gasteiger partial charge in [-0.25, -0.2) is 13.2 Å². The van der Waals surface area contributed by atoms with Gasteiger partial charge in [0.05, 0.1) is 0 Å². The zero-order valence-electron chi connectivity index (χ0n) is 5.29. The molecule has 0 bridgehead atoms. The van der Waals surface area contributed by atoms with Crippen LogP contribution in [0.5, 0.6) is 0 Å². The van der Waals surface area contributed by atoms with Gasteiger partial charge in [0.25, 0.3) is 0 Å². The van der Waals surface area contributed by atoms with E-state index < -0.39 is 17.5 Å². The summed E-state index contributed by atoms with van der Waals surface area (Å²) in [5.41, 5.74) is 0.110. The van der Waals surface area contributed by atoms with Gasteiger partial charge in [-0.05, 0) is 18.6 Å². The molecule has 0 saturated carbocycles. The maximum absolute atomic E-state index is 12.4. The van der Waals surface area contributed by atoms with Crippen LogP contribution in [0.15, 0.2) is 12.1 Å². The minimum atomic E-state index is -1.15. The SMILES string of the molecule is Cc1cc(F)c(F)cc1F. The highest BCUT2D eigenvalue weighted by Crippen LogP contribution is 2.11. The second-order valence-corrected chi connectivity index (χ2v) is 2.02. The zero-order chi connectivity index (χ0) is 7.72. The first-order valence-electron chi connectivity index (χ1n) is 2.72. The van der Waals surface area contributed by atoms with Crippen molar-refractivity contribution in [3.05, 3.63) is 35.1 Å². The van der Waals surface area contributed by atoms with E-state index >= 15 is 0 Å². The van der Waals surface area contributed by atoms with E-state index in [0.717, 1.165) is 6.07 Å². The number of hydrogen-bond donors (Lipinski definition) is 0. The molecule has 0 heterocycles. The van der Waals surface area contributed by atoms with Crippen molar-refractivity contribution < 1.29 is 13.2 Å². The smallest absolute Gasteiger partial charge is 0.161 e. The summed E-state index contributed by atoms with van der Waals surface area (Å²) in [6, 6.07) is 1.36. The molecule has 0 N–H and O–H groups in total. The van der Waals surface area contributed by atoms with Crippen molar-refractivity contribution in [1.82, 2.24) is 0 Å². The summed E-state index contributed by atoms with van der Waals surface area (Å²) in [5.74, 6) is -2.89. The Morgan fingerprint density at radius 2 is 1.40 bits per heavy atom. The van der Waals surface area contributed by atoms with Crippen LogP contribution < -0.4 is 0 Å². The number of aryl methyl sites for hydroxylation is 1. The van der Waals surface area contributed by atoms with Crippen LogP contribution in [-0.2, 0) is 0 Å². The second kappa shape index (κ2) is 2.33. The minimum absolute atomic E-state index is 0.110. The molecule has 0 nitrogen and oxygen atoms in total. The maximum Gasteiger partial charge on any atom is 0.161 e. The normalized spacial score (nSPS) is 10.0. The zero-order valence-corrected chi connectivity index (χ0v) is 5.29. The third kappa shape index (κ3) is 1.12. The molecule has 0 aliphatic rings. The molecule has 3 heteroatoms. The van der Waals surface area contributed by atoms with Crippen molar-refractivity contribution in [2.45, 2.75) is 6.92 Å². The standard InChI is InChI=1S/C7H5F3/c1-4-2-6(9)7(10)3-5(4)8/h2-3H,1H3. The lowest BCUT2D eigenvalue weighted by Gasteiger charge is -1.95. The van der Waals surface area contributed by atoms with Crippen molar-refractivity contribution >= 4 is 0 Å². The molecule has 0 fully saturated rings. The Balaban J connectivity index is 3.28. The van der Waals surface area contributed by atoms with Crippen molar-refractivity contribution in [2.75, 3.05) is 0 Å². The predicted octanol–water partition coefficient (Wildman–Crippen LogP) is 2.41. The van der Waals surface area contributed by atoms with Crippen LogP contribution in [0, 0.1) is 24.4 Å². The summed E-state index contributed by atoms with van der Waals surface area (Å²) in [7, 11) is 0. The van der Waals surface area contributed by atoms with E-state index in [1.807, 2.05) is 0 Å². The van der Waals surface area contributed by atoms with Gasteiger partial charge in [0.1, 0.15) is 5.82 Å². The van der Waals surface area contributed by atoms with Crippen LogP contribution >= 0.6 is 0 Å². The monoisotopic (exact) mass is 146 g/mol. The molecule has 10 heavy (non-hydrogen) atoms. The fraction of sp³-hybridized carbons (Fsp3) is 0.143. The molecule has 0 atom stereocenters. The topological polar surface area (TPSA) is 0 Å². The predicted molar refractivity (Wildman–Crippen MR) is 31.1 cm³/mol. The summed E-state index contributed by atoms with van der Waals surface area (Å²) in [6.07, 6.45) is 0. The Morgan fingerprint density at radius 1 is 0.900 bits per heavy atom. The van der Waals surface area contributed by atoms with Crippen LogP contribution in [-0.4, -0.2) is 0 Å². The number of benzene rings is 1. The van der Waals surface area contributed by atoms with Gasteiger partial charge in [0.15, 0.2) is 11.6 Å². The molecular weight excluding hydrogens is 141 g/mol. The third-order valence-electron chi connectivity index (χ3n) is 1.20. The Kier molecular flexibility index (Phi) is 1.66. The lowest BCUT2D eigenvalue weighted by molar-refractivity contribution is 0.492. The summed E-state index contributed by atoms with van der Waals surface area (Å²) >= 11 is 0. The van der Waals surface area contributed by atoms with Crippen LogP contribution in [0.4, 0.5) is 13.2 Å². The van der Waals surface area contributed by atoms with E-state index in [1.54, 1.807) is 0 Å². The van der Waals surface area contributed by atoms with Crippen LogP contribution in [0.25, 0.3) is 0 Å². The fourth-order valence-corrected chi connectivity index (χ4v) is 0.622. The van der Waals surface area contributed by atoms with E-state index in [1.165, 1.54) is 6.92 Å². The highest BCUT2D eigenvalue weighted by atomic mass is 19.2. The van der Waals surface area contributed by atoms with Gasteiger partial charge in [0, 0.05) is 6.07 Å². The van der Waals surface area contributed by atoms with Crippen molar-refractivity contribution in [3.8, 4) is 0 Å². The molecule has 54 valence electrons. The largest absolute Gasteiger partial charge is 0.207 e. The highest BCUT2D eigenvalue weighted by molar-refractivity contribution is 5.17. The molecule has 1 aromatic carbocycles. The van der Waals surface area contributed by atoms with E-state index in [0.29, 0.717) is 6.07 Å². The Morgan fingerprint density at radius 3 is 1.90 bits per heavy atom. The fourth-order valence-electron chi connectivity index (χ4n) is 0.622. The van der Waals surface area contributed by atoms with Gasteiger partial charge in [-0.1, -0.05) is 0 Å². The van der Waals surface area contributed by atoms with Crippen molar-refractivity contribution in [2.24, 2.45) is 0 Å². The summed E-state index contributed by atoms with van der Waals surface area (Å²) < 4.78 is 36.7. The molecule has 0 aliphatic heterocycles. The molecule has 1 rings (SSSR count). The van der Waals surface area contributed by atoms with Crippen LogP contribution in [0.3, 0.4) is 0 Å². The van der Waals surface area contributed by atoms with E-state index in [2.05, 4.69) is 0 Å². The molecule has 1 aromatic rings. The molecule has 0 spiro atoms. The van der Waals surface area contributed by atoms with E-state index in [-0.39, 0.29) is 5.56 Å². The second-order valence-electron chi connectivity index (χ2n) is 2.02. The first kappa shape index (κ1) is 7.12. The molecular formula is C7H5F3. The lowest BCUT2D eigenvalue weighted by Crippen LogP contribution is -1.89. The molecule has 0 aliphatic carbocycles. The molecule has 0 saturated heterocycles. The average Bonchev–Trinajstić information content (AvgIpc) is 1.84. The Labute approximate surface area is 56.3 Å². The van der Waals surface area contributed by atoms with Gasteiger partial charge in [-0.2, -0.15) is 0 Å².